The average Bonchev–Trinajstić information content (AvgIpc) is 2.46. The lowest BCUT2D eigenvalue weighted by molar-refractivity contribution is 0.571. The van der Waals surface area contributed by atoms with Crippen LogP contribution in [0.25, 0.3) is 0 Å². The van der Waals surface area contributed by atoms with Gasteiger partial charge in [-0.3, -0.25) is 5.10 Å². The van der Waals surface area contributed by atoms with Gasteiger partial charge in [0.25, 0.3) is 0 Å². The van der Waals surface area contributed by atoms with Gasteiger partial charge in [0.1, 0.15) is 5.82 Å². The molecule has 3 N–H and O–H groups in total. The predicted molar refractivity (Wildman–Crippen MR) is 60.3 cm³/mol. The van der Waals surface area contributed by atoms with E-state index in [2.05, 4.69) is 42.8 Å². The molecule has 0 bridgehead atoms. The number of nitrogen functional groups attached to an aromatic ring is 1. The van der Waals surface area contributed by atoms with Crippen LogP contribution >= 0.6 is 0 Å². The third-order valence-corrected chi connectivity index (χ3v) is 2.14. The van der Waals surface area contributed by atoms with Crippen molar-refractivity contribution in [1.29, 1.82) is 0 Å². The Morgan fingerprint density at radius 1 is 1.43 bits per heavy atom. The lowest BCUT2D eigenvalue weighted by Gasteiger charge is -2.29. The number of aromatic nitrogens is 2. The van der Waals surface area contributed by atoms with E-state index in [-0.39, 0.29) is 0 Å². The summed E-state index contributed by atoms with van der Waals surface area (Å²) in [5.74, 6) is 1.27. The quantitative estimate of drug-likeness (QED) is 0.772. The van der Waals surface area contributed by atoms with E-state index < -0.39 is 0 Å². The maximum atomic E-state index is 5.80. The van der Waals surface area contributed by atoms with E-state index in [1.807, 2.05) is 0 Å². The van der Waals surface area contributed by atoms with Crippen LogP contribution in [0.2, 0.25) is 0 Å². The highest BCUT2D eigenvalue weighted by Crippen LogP contribution is 2.22. The normalized spacial score (nSPS) is 11.3. The summed E-state index contributed by atoms with van der Waals surface area (Å²) in [7, 11) is 0. The summed E-state index contributed by atoms with van der Waals surface area (Å²) < 4.78 is 0. The van der Waals surface area contributed by atoms with Crippen molar-refractivity contribution in [3.8, 4) is 0 Å². The first-order valence-corrected chi connectivity index (χ1v) is 5.07. The number of rotatable bonds is 4. The summed E-state index contributed by atoms with van der Waals surface area (Å²) >= 11 is 0. The number of hydrogen-bond acceptors (Lipinski definition) is 3. The number of nitrogens with zero attached hydrogens (tertiary/aromatic N) is 2. The second-order valence-electron chi connectivity index (χ2n) is 4.31. The Morgan fingerprint density at radius 3 is 2.43 bits per heavy atom. The molecule has 1 heterocycles. The number of H-pyrrole nitrogens is 1. The molecular formula is C10H20N4. The average molecular weight is 196 g/mol. The molecule has 0 saturated heterocycles. The predicted octanol–water partition coefficient (Wildman–Crippen LogP) is 1.86. The Morgan fingerprint density at radius 2 is 2.07 bits per heavy atom. The van der Waals surface area contributed by atoms with Gasteiger partial charge in [-0.25, -0.2) is 0 Å². The van der Waals surface area contributed by atoms with E-state index in [9.17, 15) is 0 Å². The highest BCUT2D eigenvalue weighted by atomic mass is 15.2. The molecule has 0 spiro atoms. The summed E-state index contributed by atoms with van der Waals surface area (Å²) in [6, 6.07) is 0.442. The number of nitrogens with one attached hydrogen (secondary N) is 1. The van der Waals surface area contributed by atoms with Crippen LogP contribution in [0.5, 0.6) is 0 Å². The van der Waals surface area contributed by atoms with Crippen LogP contribution in [0, 0.1) is 5.92 Å². The van der Waals surface area contributed by atoms with E-state index in [4.69, 9.17) is 5.73 Å². The van der Waals surface area contributed by atoms with Crippen molar-refractivity contribution in [3.05, 3.63) is 6.20 Å². The van der Waals surface area contributed by atoms with E-state index in [0.29, 0.717) is 17.8 Å². The Balaban J connectivity index is 2.83. The molecule has 0 aliphatic rings. The van der Waals surface area contributed by atoms with Crippen LogP contribution in [-0.2, 0) is 0 Å². The van der Waals surface area contributed by atoms with Crippen LogP contribution < -0.4 is 10.6 Å². The summed E-state index contributed by atoms with van der Waals surface area (Å²) in [6.07, 6.45) is 1.79. The zero-order valence-electron chi connectivity index (χ0n) is 9.41. The van der Waals surface area contributed by atoms with Gasteiger partial charge in [-0.1, -0.05) is 13.8 Å². The highest BCUT2D eigenvalue weighted by Gasteiger charge is 2.15. The van der Waals surface area contributed by atoms with Crippen LogP contribution in [-0.4, -0.2) is 22.8 Å². The minimum Gasteiger partial charge on any atom is -0.382 e. The molecule has 0 unspecified atom stereocenters. The molecule has 0 amide bonds. The smallest absolute Gasteiger partial charge is 0.142 e. The molecule has 1 aromatic heterocycles. The molecule has 0 saturated carbocycles. The lowest BCUT2D eigenvalue weighted by Crippen LogP contribution is -2.34. The fourth-order valence-electron chi connectivity index (χ4n) is 1.50. The van der Waals surface area contributed by atoms with Crippen molar-refractivity contribution in [1.82, 2.24) is 10.2 Å². The molecular weight excluding hydrogens is 176 g/mol. The molecule has 80 valence electrons. The maximum Gasteiger partial charge on any atom is 0.142 e. The van der Waals surface area contributed by atoms with Crippen molar-refractivity contribution in [2.45, 2.75) is 33.7 Å². The second kappa shape index (κ2) is 4.35. The van der Waals surface area contributed by atoms with E-state index in [0.717, 1.165) is 12.2 Å². The SMILES string of the molecule is CC(C)CN(c1cn[nH]c1N)C(C)C. The second-order valence-corrected chi connectivity index (χ2v) is 4.31. The minimum atomic E-state index is 0.442. The molecule has 1 aromatic rings. The third kappa shape index (κ3) is 2.40. The molecule has 0 radical (unpaired) electrons. The van der Waals surface area contributed by atoms with Gasteiger partial charge >= 0.3 is 0 Å². The molecule has 1 rings (SSSR count). The zero-order valence-corrected chi connectivity index (χ0v) is 9.41. The first kappa shape index (κ1) is 10.9. The minimum absolute atomic E-state index is 0.442. The molecule has 4 nitrogen and oxygen atoms in total. The van der Waals surface area contributed by atoms with E-state index >= 15 is 0 Å². The van der Waals surface area contributed by atoms with Crippen molar-refractivity contribution in [2.24, 2.45) is 5.92 Å². The Labute approximate surface area is 85.5 Å². The Bertz CT molecular complexity index is 277. The van der Waals surface area contributed by atoms with E-state index in [1.54, 1.807) is 6.20 Å². The van der Waals surface area contributed by atoms with Crippen molar-refractivity contribution >= 4 is 11.5 Å². The summed E-state index contributed by atoms with van der Waals surface area (Å²) in [5.41, 5.74) is 6.80. The Kier molecular flexibility index (Phi) is 3.38. The standard InChI is InChI=1S/C10H20N4/c1-7(2)6-14(8(3)4)9-5-12-13-10(9)11/h5,7-8H,6H2,1-4H3,(H3,11,12,13). The van der Waals surface area contributed by atoms with Crippen LogP contribution in [0.15, 0.2) is 6.20 Å². The van der Waals surface area contributed by atoms with Gasteiger partial charge in [-0.15, -0.1) is 0 Å². The first-order chi connectivity index (χ1) is 6.52. The fraction of sp³-hybridized carbons (Fsp3) is 0.700. The molecule has 0 fully saturated rings. The molecule has 0 aliphatic carbocycles. The fourth-order valence-corrected chi connectivity index (χ4v) is 1.50. The van der Waals surface area contributed by atoms with Gasteiger partial charge in [0.15, 0.2) is 0 Å². The Hall–Kier alpha value is -1.19. The first-order valence-electron chi connectivity index (χ1n) is 5.07. The number of hydrogen-bond donors (Lipinski definition) is 2. The van der Waals surface area contributed by atoms with Crippen molar-refractivity contribution in [3.63, 3.8) is 0 Å². The van der Waals surface area contributed by atoms with Gasteiger partial charge < -0.3 is 10.6 Å². The number of aromatic amines is 1. The van der Waals surface area contributed by atoms with Gasteiger partial charge in [0.2, 0.25) is 0 Å². The molecule has 0 aliphatic heterocycles. The highest BCUT2D eigenvalue weighted by molar-refractivity contribution is 5.62. The van der Waals surface area contributed by atoms with E-state index in [1.165, 1.54) is 0 Å². The summed E-state index contributed by atoms with van der Waals surface area (Å²) in [6.45, 7) is 9.72. The molecule has 14 heavy (non-hydrogen) atoms. The van der Waals surface area contributed by atoms with Crippen LogP contribution in [0.1, 0.15) is 27.7 Å². The van der Waals surface area contributed by atoms with Crippen molar-refractivity contribution < 1.29 is 0 Å². The third-order valence-electron chi connectivity index (χ3n) is 2.14. The van der Waals surface area contributed by atoms with Crippen LogP contribution in [0.4, 0.5) is 11.5 Å². The van der Waals surface area contributed by atoms with Crippen molar-refractivity contribution in [2.75, 3.05) is 17.2 Å². The number of anilines is 2. The molecule has 0 aromatic carbocycles. The monoisotopic (exact) mass is 196 g/mol. The van der Waals surface area contributed by atoms with Gasteiger partial charge in [0.05, 0.1) is 11.9 Å². The maximum absolute atomic E-state index is 5.80. The van der Waals surface area contributed by atoms with Crippen LogP contribution in [0.3, 0.4) is 0 Å². The zero-order chi connectivity index (χ0) is 10.7. The number of nitrogens with two attached hydrogens (primary N) is 1. The van der Waals surface area contributed by atoms with Gasteiger partial charge in [-0.2, -0.15) is 5.10 Å². The lowest BCUT2D eigenvalue weighted by atomic mass is 10.1. The topological polar surface area (TPSA) is 57.9 Å². The molecule has 4 heteroatoms. The van der Waals surface area contributed by atoms with Gasteiger partial charge in [0, 0.05) is 12.6 Å². The summed E-state index contributed by atoms with van der Waals surface area (Å²) in [4.78, 5) is 2.27. The summed E-state index contributed by atoms with van der Waals surface area (Å²) in [5, 5.41) is 6.70. The molecule has 0 atom stereocenters. The van der Waals surface area contributed by atoms with Gasteiger partial charge in [-0.05, 0) is 19.8 Å². The largest absolute Gasteiger partial charge is 0.382 e.